The first-order chi connectivity index (χ1) is 6.30. The van der Waals surface area contributed by atoms with E-state index in [1.807, 2.05) is 13.0 Å². The summed E-state index contributed by atoms with van der Waals surface area (Å²) in [6.45, 7) is 2.65. The molecule has 13 heavy (non-hydrogen) atoms. The Balaban J connectivity index is 2.93. The van der Waals surface area contributed by atoms with E-state index in [1.54, 1.807) is 7.11 Å². The maximum atomic E-state index is 5.44. The Morgan fingerprint density at radius 1 is 1.38 bits per heavy atom. The van der Waals surface area contributed by atoms with E-state index in [9.17, 15) is 0 Å². The Labute approximate surface area is 78.1 Å². The predicted molar refractivity (Wildman–Crippen MR) is 50.7 cm³/mol. The molecule has 1 heterocycles. The summed E-state index contributed by atoms with van der Waals surface area (Å²) in [5.74, 6) is 0. The molecule has 1 rings (SSSR count). The van der Waals surface area contributed by atoms with Gasteiger partial charge in [0.15, 0.2) is 0 Å². The lowest BCUT2D eigenvalue weighted by molar-refractivity contribution is 0.376. The number of aromatic nitrogens is 2. The van der Waals surface area contributed by atoms with Gasteiger partial charge in [-0.1, -0.05) is 6.92 Å². The molecule has 0 amide bonds. The Hall–Kier alpha value is -1.16. The second-order valence-electron chi connectivity index (χ2n) is 2.73. The zero-order valence-corrected chi connectivity index (χ0v) is 8.08. The molecule has 0 radical (unpaired) electrons. The molecule has 0 aliphatic rings. The molecule has 0 fully saturated rings. The normalized spacial score (nSPS) is 10.1. The van der Waals surface area contributed by atoms with Gasteiger partial charge in [0.1, 0.15) is 0 Å². The molecule has 2 N–H and O–H groups in total. The van der Waals surface area contributed by atoms with Gasteiger partial charge in [0.25, 0.3) is 0 Å². The molecular weight excluding hydrogens is 166 g/mol. The molecule has 1 aromatic heterocycles. The van der Waals surface area contributed by atoms with E-state index in [-0.39, 0.29) is 0 Å². The summed E-state index contributed by atoms with van der Waals surface area (Å²) in [7, 11) is 1.57. The van der Waals surface area contributed by atoms with Crippen molar-refractivity contribution in [2.24, 2.45) is 5.73 Å². The number of hydrogen-bond acceptors (Lipinski definition) is 4. The molecule has 0 unspecified atom stereocenters. The van der Waals surface area contributed by atoms with E-state index in [0.717, 1.165) is 24.2 Å². The van der Waals surface area contributed by atoms with Crippen LogP contribution in [0.2, 0.25) is 0 Å². The van der Waals surface area contributed by atoms with Crippen LogP contribution in [0.5, 0.6) is 6.01 Å². The molecule has 0 bridgehead atoms. The summed E-state index contributed by atoms with van der Waals surface area (Å²) in [6.07, 6.45) is 1.66. The Morgan fingerprint density at radius 2 is 2.08 bits per heavy atom. The number of hydrogen-bond donors (Lipinski definition) is 1. The van der Waals surface area contributed by atoms with Gasteiger partial charge in [0.05, 0.1) is 7.11 Å². The van der Waals surface area contributed by atoms with Crippen LogP contribution in [-0.4, -0.2) is 23.6 Å². The summed E-state index contributed by atoms with van der Waals surface area (Å²) in [6, 6.07) is 2.40. The number of nitrogens with two attached hydrogens (primary N) is 1. The molecule has 72 valence electrons. The third kappa shape index (κ3) is 2.66. The number of aryl methyl sites for hydroxylation is 1. The average molecular weight is 181 g/mol. The van der Waals surface area contributed by atoms with E-state index in [1.165, 1.54) is 0 Å². The molecule has 0 saturated carbocycles. The fourth-order valence-corrected chi connectivity index (χ4v) is 1.08. The fraction of sp³-hybridized carbons (Fsp3) is 0.556. The van der Waals surface area contributed by atoms with Crippen LogP contribution in [0.15, 0.2) is 6.07 Å². The third-order valence-corrected chi connectivity index (χ3v) is 1.76. The Bertz CT molecular complexity index is 253. The van der Waals surface area contributed by atoms with Crippen LogP contribution in [0, 0.1) is 0 Å². The summed E-state index contributed by atoms with van der Waals surface area (Å²) in [4.78, 5) is 8.35. The van der Waals surface area contributed by atoms with Crippen LogP contribution < -0.4 is 10.5 Å². The van der Waals surface area contributed by atoms with Crippen molar-refractivity contribution in [1.82, 2.24) is 9.97 Å². The van der Waals surface area contributed by atoms with Gasteiger partial charge in [-0.15, -0.1) is 0 Å². The van der Waals surface area contributed by atoms with Crippen molar-refractivity contribution in [3.8, 4) is 6.01 Å². The maximum absolute atomic E-state index is 5.44. The standard InChI is InChI=1S/C9H15N3O/c1-3-7-6-8(4-5-10)12-9(11-7)13-2/h6H,3-5,10H2,1-2H3. The first-order valence-electron chi connectivity index (χ1n) is 4.41. The lowest BCUT2D eigenvalue weighted by Crippen LogP contribution is -2.07. The van der Waals surface area contributed by atoms with Gasteiger partial charge in [0.2, 0.25) is 0 Å². The van der Waals surface area contributed by atoms with Gasteiger partial charge in [-0.25, -0.2) is 9.97 Å². The molecular formula is C9H15N3O. The molecule has 4 nitrogen and oxygen atoms in total. The van der Waals surface area contributed by atoms with Gasteiger partial charge in [-0.2, -0.15) is 0 Å². The van der Waals surface area contributed by atoms with Crippen molar-refractivity contribution < 1.29 is 4.74 Å². The fourth-order valence-electron chi connectivity index (χ4n) is 1.08. The minimum absolute atomic E-state index is 0.433. The topological polar surface area (TPSA) is 61.0 Å². The number of methoxy groups -OCH3 is 1. The summed E-state index contributed by atoms with van der Waals surface area (Å²) in [5, 5.41) is 0. The minimum Gasteiger partial charge on any atom is -0.467 e. The summed E-state index contributed by atoms with van der Waals surface area (Å²) in [5.41, 5.74) is 7.39. The molecule has 0 aliphatic heterocycles. The molecule has 1 aromatic rings. The van der Waals surface area contributed by atoms with Crippen LogP contribution in [0.4, 0.5) is 0 Å². The minimum atomic E-state index is 0.433. The number of ether oxygens (including phenoxy) is 1. The summed E-state index contributed by atoms with van der Waals surface area (Å²) >= 11 is 0. The van der Waals surface area contributed by atoms with Gasteiger partial charge in [0, 0.05) is 17.8 Å². The first-order valence-corrected chi connectivity index (χ1v) is 4.41. The van der Waals surface area contributed by atoms with Crippen LogP contribution in [0.25, 0.3) is 0 Å². The van der Waals surface area contributed by atoms with Gasteiger partial charge >= 0.3 is 6.01 Å². The van der Waals surface area contributed by atoms with Gasteiger partial charge < -0.3 is 10.5 Å². The van der Waals surface area contributed by atoms with Crippen molar-refractivity contribution in [1.29, 1.82) is 0 Å². The molecule has 0 spiro atoms. The van der Waals surface area contributed by atoms with E-state index in [0.29, 0.717) is 12.6 Å². The summed E-state index contributed by atoms with van der Waals surface area (Å²) < 4.78 is 4.98. The SMILES string of the molecule is CCc1cc(CCN)nc(OC)n1. The van der Waals surface area contributed by atoms with Crippen LogP contribution in [-0.2, 0) is 12.8 Å². The Morgan fingerprint density at radius 3 is 2.62 bits per heavy atom. The highest BCUT2D eigenvalue weighted by atomic mass is 16.5. The van der Waals surface area contributed by atoms with E-state index in [2.05, 4.69) is 9.97 Å². The predicted octanol–water partition coefficient (Wildman–Crippen LogP) is 0.549. The van der Waals surface area contributed by atoms with Gasteiger partial charge in [-0.3, -0.25) is 0 Å². The van der Waals surface area contributed by atoms with E-state index >= 15 is 0 Å². The molecule has 4 heteroatoms. The Kier molecular flexibility index (Phi) is 3.64. The van der Waals surface area contributed by atoms with Crippen LogP contribution in [0.3, 0.4) is 0 Å². The quantitative estimate of drug-likeness (QED) is 0.736. The second kappa shape index (κ2) is 4.77. The van der Waals surface area contributed by atoms with Crippen molar-refractivity contribution in [2.75, 3.05) is 13.7 Å². The average Bonchev–Trinajstić information content (AvgIpc) is 2.17. The largest absolute Gasteiger partial charge is 0.467 e. The number of rotatable bonds is 4. The third-order valence-electron chi connectivity index (χ3n) is 1.76. The zero-order chi connectivity index (χ0) is 9.68. The highest BCUT2D eigenvalue weighted by molar-refractivity contribution is 5.14. The zero-order valence-electron chi connectivity index (χ0n) is 8.08. The maximum Gasteiger partial charge on any atom is 0.316 e. The number of nitrogens with zero attached hydrogens (tertiary/aromatic N) is 2. The van der Waals surface area contributed by atoms with E-state index in [4.69, 9.17) is 10.5 Å². The van der Waals surface area contributed by atoms with Crippen LogP contribution >= 0.6 is 0 Å². The highest BCUT2D eigenvalue weighted by Crippen LogP contribution is 2.07. The molecule has 0 saturated heterocycles. The van der Waals surface area contributed by atoms with Crippen molar-refractivity contribution in [3.63, 3.8) is 0 Å². The molecule has 0 aliphatic carbocycles. The first kappa shape index (κ1) is 9.92. The van der Waals surface area contributed by atoms with E-state index < -0.39 is 0 Å². The van der Waals surface area contributed by atoms with Crippen molar-refractivity contribution in [3.05, 3.63) is 17.5 Å². The second-order valence-corrected chi connectivity index (χ2v) is 2.73. The molecule has 0 atom stereocenters. The van der Waals surface area contributed by atoms with Crippen molar-refractivity contribution >= 4 is 0 Å². The van der Waals surface area contributed by atoms with Crippen molar-refractivity contribution in [2.45, 2.75) is 19.8 Å². The highest BCUT2D eigenvalue weighted by Gasteiger charge is 2.02. The lowest BCUT2D eigenvalue weighted by atomic mass is 10.2. The van der Waals surface area contributed by atoms with Crippen LogP contribution in [0.1, 0.15) is 18.3 Å². The monoisotopic (exact) mass is 181 g/mol. The molecule has 0 aromatic carbocycles. The smallest absolute Gasteiger partial charge is 0.316 e. The van der Waals surface area contributed by atoms with Gasteiger partial charge in [-0.05, 0) is 19.0 Å². The lowest BCUT2D eigenvalue weighted by Gasteiger charge is -2.04.